The molecule has 7 heteroatoms. The van der Waals surface area contributed by atoms with Crippen LogP contribution in [0.1, 0.15) is 44.4 Å². The number of likely N-dealkylation sites (tertiary alicyclic amines) is 1. The van der Waals surface area contributed by atoms with Crippen LogP contribution in [0, 0.1) is 0 Å². The number of carbonyl (C=O) groups excluding carboxylic acids is 2. The second-order valence-corrected chi connectivity index (χ2v) is 8.43. The zero-order valence-electron chi connectivity index (χ0n) is 17.9. The van der Waals surface area contributed by atoms with Crippen molar-refractivity contribution >= 4 is 12.0 Å². The molecule has 1 fully saturated rings. The predicted octanol–water partition coefficient (Wildman–Crippen LogP) is 3.50. The lowest BCUT2D eigenvalue weighted by molar-refractivity contribution is -0.135. The van der Waals surface area contributed by atoms with Crippen molar-refractivity contribution in [1.82, 2.24) is 15.2 Å². The van der Waals surface area contributed by atoms with E-state index in [1.54, 1.807) is 18.2 Å². The molecular weight excluding hydrogens is 382 g/mol. The van der Waals surface area contributed by atoms with Crippen LogP contribution in [0.15, 0.2) is 48.7 Å². The van der Waals surface area contributed by atoms with Gasteiger partial charge in [0.1, 0.15) is 11.4 Å². The summed E-state index contributed by atoms with van der Waals surface area (Å²) in [5, 5.41) is 2.91. The molecule has 0 spiro atoms. The summed E-state index contributed by atoms with van der Waals surface area (Å²) in [4.78, 5) is 31.4. The van der Waals surface area contributed by atoms with Gasteiger partial charge in [-0.1, -0.05) is 18.2 Å². The summed E-state index contributed by atoms with van der Waals surface area (Å²) in [6.07, 6.45) is 1.40. The number of amides is 2. The van der Waals surface area contributed by atoms with Crippen LogP contribution < -0.4 is 10.1 Å². The van der Waals surface area contributed by atoms with Crippen molar-refractivity contribution in [3.05, 3.63) is 59.9 Å². The van der Waals surface area contributed by atoms with Gasteiger partial charge in [0, 0.05) is 31.1 Å². The number of nitrogens with zero attached hydrogens (tertiary/aromatic N) is 2. The number of hydrogen-bond donors (Lipinski definition) is 1. The fraction of sp³-hybridized carbons (Fsp3) is 0.435. The predicted molar refractivity (Wildman–Crippen MR) is 113 cm³/mol. The molecule has 2 heterocycles. The topological polar surface area (TPSA) is 80.8 Å². The van der Waals surface area contributed by atoms with Crippen LogP contribution in [-0.2, 0) is 16.1 Å². The number of nitrogens with one attached hydrogen (secondary N) is 1. The van der Waals surface area contributed by atoms with Gasteiger partial charge in [0.25, 0.3) is 0 Å². The Bertz CT molecular complexity index is 862. The molecule has 1 aromatic carbocycles. The fourth-order valence-corrected chi connectivity index (χ4v) is 3.57. The van der Waals surface area contributed by atoms with E-state index in [9.17, 15) is 9.59 Å². The maximum atomic E-state index is 12.8. The minimum Gasteiger partial charge on any atom is -0.497 e. The Hall–Kier alpha value is -3.09. The third-order valence-corrected chi connectivity index (χ3v) is 4.98. The Morgan fingerprint density at radius 1 is 1.20 bits per heavy atom. The van der Waals surface area contributed by atoms with Gasteiger partial charge < -0.3 is 19.7 Å². The number of ether oxygens (including phenoxy) is 2. The van der Waals surface area contributed by atoms with E-state index in [2.05, 4.69) is 10.3 Å². The van der Waals surface area contributed by atoms with Gasteiger partial charge >= 0.3 is 6.09 Å². The molecule has 2 amide bonds. The van der Waals surface area contributed by atoms with Crippen molar-refractivity contribution in [2.24, 2.45) is 0 Å². The van der Waals surface area contributed by atoms with Crippen molar-refractivity contribution in [2.75, 3.05) is 13.7 Å². The molecule has 0 aliphatic carbocycles. The van der Waals surface area contributed by atoms with Crippen LogP contribution in [0.2, 0.25) is 0 Å². The summed E-state index contributed by atoms with van der Waals surface area (Å²) < 4.78 is 10.7. The molecule has 1 saturated heterocycles. The quantitative estimate of drug-likeness (QED) is 0.814. The molecular formula is C23H29N3O4. The maximum absolute atomic E-state index is 12.8. The van der Waals surface area contributed by atoms with Crippen LogP contribution in [0.5, 0.6) is 5.75 Å². The molecule has 7 nitrogen and oxygen atoms in total. The Labute approximate surface area is 177 Å². The number of aromatic nitrogens is 1. The first-order valence-electron chi connectivity index (χ1n) is 10.1. The van der Waals surface area contributed by atoms with E-state index in [1.807, 2.05) is 63.2 Å². The number of alkyl carbamates (subject to hydrolysis) is 1. The van der Waals surface area contributed by atoms with E-state index in [-0.39, 0.29) is 24.3 Å². The van der Waals surface area contributed by atoms with Crippen molar-refractivity contribution in [2.45, 2.75) is 51.3 Å². The van der Waals surface area contributed by atoms with E-state index < -0.39 is 11.7 Å². The van der Waals surface area contributed by atoms with Gasteiger partial charge in [0.15, 0.2) is 0 Å². The molecule has 0 bridgehead atoms. The van der Waals surface area contributed by atoms with E-state index in [0.717, 1.165) is 17.0 Å². The normalized spacial score (nSPS) is 19.3. The number of methoxy groups -OCH3 is 1. The molecule has 1 N–H and O–H groups in total. The minimum atomic E-state index is -0.608. The highest BCUT2D eigenvalue weighted by atomic mass is 16.6. The van der Waals surface area contributed by atoms with Crippen molar-refractivity contribution in [3.8, 4) is 5.75 Å². The first-order valence-corrected chi connectivity index (χ1v) is 10.1. The Morgan fingerprint density at radius 2 is 1.93 bits per heavy atom. The van der Waals surface area contributed by atoms with E-state index in [1.165, 1.54) is 0 Å². The van der Waals surface area contributed by atoms with Crippen molar-refractivity contribution in [1.29, 1.82) is 0 Å². The number of piperidine rings is 1. The molecule has 1 aliphatic rings. The van der Waals surface area contributed by atoms with Gasteiger partial charge in [-0.05, 0) is 50.6 Å². The van der Waals surface area contributed by atoms with Gasteiger partial charge in [-0.15, -0.1) is 0 Å². The van der Waals surface area contributed by atoms with Crippen LogP contribution in [0.3, 0.4) is 0 Å². The highest BCUT2D eigenvalue weighted by Gasteiger charge is 2.37. The number of benzene rings is 1. The summed E-state index contributed by atoms with van der Waals surface area (Å²) in [7, 11) is 1.62. The maximum Gasteiger partial charge on any atom is 0.407 e. The van der Waals surface area contributed by atoms with Crippen LogP contribution in [0.4, 0.5) is 4.79 Å². The fourth-order valence-electron chi connectivity index (χ4n) is 3.57. The SMILES string of the molecule is COc1ccc(C2CN(Cc3ccccn3)C(=O)C[C@H]2NC(=O)OC(C)(C)C)cc1. The number of carbonyl (C=O) groups is 2. The second-order valence-electron chi connectivity index (χ2n) is 8.43. The highest BCUT2D eigenvalue weighted by Crippen LogP contribution is 2.30. The zero-order valence-corrected chi connectivity index (χ0v) is 17.9. The molecule has 0 radical (unpaired) electrons. The Balaban J connectivity index is 1.81. The number of hydrogen-bond acceptors (Lipinski definition) is 5. The number of pyridine rings is 1. The van der Waals surface area contributed by atoms with E-state index >= 15 is 0 Å². The summed E-state index contributed by atoms with van der Waals surface area (Å²) in [6, 6.07) is 13.0. The molecule has 160 valence electrons. The van der Waals surface area contributed by atoms with Crippen LogP contribution in [0.25, 0.3) is 0 Å². The summed E-state index contributed by atoms with van der Waals surface area (Å²) in [5.41, 5.74) is 1.25. The largest absolute Gasteiger partial charge is 0.497 e. The standard InChI is InChI=1S/C23H29N3O4/c1-23(2,3)30-22(28)25-20-13-21(27)26(14-17-7-5-6-12-24-17)15-19(20)16-8-10-18(29-4)11-9-16/h5-12,19-20H,13-15H2,1-4H3,(H,25,28)/t19?,20-/m1/s1. The smallest absolute Gasteiger partial charge is 0.407 e. The first-order chi connectivity index (χ1) is 14.2. The molecule has 1 unspecified atom stereocenters. The van der Waals surface area contributed by atoms with E-state index in [4.69, 9.17) is 9.47 Å². The number of rotatable bonds is 5. The molecule has 0 saturated carbocycles. The van der Waals surface area contributed by atoms with Crippen LogP contribution in [-0.4, -0.2) is 47.2 Å². The molecule has 1 aliphatic heterocycles. The molecule has 30 heavy (non-hydrogen) atoms. The Morgan fingerprint density at radius 3 is 2.53 bits per heavy atom. The summed E-state index contributed by atoms with van der Waals surface area (Å²) in [6.45, 7) is 6.35. The molecule has 1 aromatic heterocycles. The van der Waals surface area contributed by atoms with E-state index in [0.29, 0.717) is 13.1 Å². The first kappa shape index (κ1) is 21.6. The zero-order chi connectivity index (χ0) is 21.7. The third-order valence-electron chi connectivity index (χ3n) is 4.98. The van der Waals surface area contributed by atoms with Gasteiger partial charge in [0.2, 0.25) is 5.91 Å². The lowest BCUT2D eigenvalue weighted by Crippen LogP contribution is -2.52. The lowest BCUT2D eigenvalue weighted by Gasteiger charge is -2.39. The summed E-state index contributed by atoms with van der Waals surface area (Å²) in [5.74, 6) is 0.656. The molecule has 2 aromatic rings. The third kappa shape index (κ3) is 5.72. The van der Waals surface area contributed by atoms with Gasteiger partial charge in [-0.2, -0.15) is 0 Å². The summed E-state index contributed by atoms with van der Waals surface area (Å²) >= 11 is 0. The highest BCUT2D eigenvalue weighted by molar-refractivity contribution is 5.79. The van der Waals surface area contributed by atoms with Gasteiger partial charge in [-0.3, -0.25) is 9.78 Å². The van der Waals surface area contributed by atoms with Gasteiger partial charge in [-0.25, -0.2) is 4.79 Å². The Kier molecular flexibility index (Phi) is 6.59. The van der Waals surface area contributed by atoms with Crippen molar-refractivity contribution in [3.63, 3.8) is 0 Å². The minimum absolute atomic E-state index is 0.0218. The van der Waals surface area contributed by atoms with Gasteiger partial charge in [0.05, 0.1) is 19.3 Å². The lowest BCUT2D eigenvalue weighted by atomic mass is 9.85. The molecule has 2 atom stereocenters. The monoisotopic (exact) mass is 411 g/mol. The molecule has 3 rings (SSSR count). The van der Waals surface area contributed by atoms with Crippen molar-refractivity contribution < 1.29 is 19.1 Å². The average Bonchev–Trinajstić information content (AvgIpc) is 2.69. The second kappa shape index (κ2) is 9.15. The van der Waals surface area contributed by atoms with Crippen LogP contribution >= 0.6 is 0 Å². The average molecular weight is 412 g/mol.